The van der Waals surface area contributed by atoms with Crippen molar-refractivity contribution < 1.29 is 5.21 Å². The van der Waals surface area contributed by atoms with E-state index in [-0.39, 0.29) is 6.04 Å². The fourth-order valence-electron chi connectivity index (χ4n) is 1.73. The molecule has 0 aliphatic carbocycles. The van der Waals surface area contributed by atoms with E-state index in [1.54, 1.807) is 0 Å². The van der Waals surface area contributed by atoms with Crippen molar-refractivity contribution in [1.29, 1.82) is 0 Å². The molecule has 0 aliphatic heterocycles. The van der Waals surface area contributed by atoms with Crippen molar-refractivity contribution in [2.75, 3.05) is 5.06 Å². The molecule has 1 atom stereocenters. The maximum atomic E-state index is 10.0. The van der Waals surface area contributed by atoms with E-state index in [1.165, 1.54) is 17.9 Å². The Morgan fingerprint density at radius 3 is 2.40 bits per heavy atom. The predicted octanol–water partition coefficient (Wildman–Crippen LogP) is 3.85. The van der Waals surface area contributed by atoms with Gasteiger partial charge in [-0.25, -0.2) is 0 Å². The molecule has 84 valence electrons. The quantitative estimate of drug-likeness (QED) is 0.716. The monoisotopic (exact) mass is 207 g/mol. The van der Waals surface area contributed by atoms with Crippen LogP contribution >= 0.6 is 0 Å². The summed E-state index contributed by atoms with van der Waals surface area (Å²) >= 11 is 0. The number of rotatable bonds is 6. The maximum Gasteiger partial charge on any atom is 0.0637 e. The molecule has 0 saturated carbocycles. The topological polar surface area (TPSA) is 23.5 Å². The molecule has 1 aromatic carbocycles. The van der Waals surface area contributed by atoms with Crippen LogP contribution in [-0.2, 0) is 0 Å². The van der Waals surface area contributed by atoms with E-state index in [9.17, 15) is 5.21 Å². The first-order valence-electron chi connectivity index (χ1n) is 5.82. The summed E-state index contributed by atoms with van der Waals surface area (Å²) in [6.07, 6.45) is 4.38. The normalized spacial score (nSPS) is 12.5. The van der Waals surface area contributed by atoms with Crippen molar-refractivity contribution in [2.24, 2.45) is 0 Å². The fraction of sp³-hybridized carbons (Fsp3) is 0.538. The van der Waals surface area contributed by atoms with Crippen LogP contribution in [-0.4, -0.2) is 11.2 Å². The van der Waals surface area contributed by atoms with Gasteiger partial charge in [0.25, 0.3) is 0 Å². The van der Waals surface area contributed by atoms with Gasteiger partial charge < -0.3 is 0 Å². The Morgan fingerprint density at radius 2 is 1.87 bits per heavy atom. The SMILES string of the molecule is CCCCC(CC)N(O)c1ccccc1. The molecule has 0 bridgehead atoms. The number of anilines is 1. The molecule has 0 fully saturated rings. The molecule has 1 rings (SSSR count). The number of unbranched alkanes of at least 4 members (excludes halogenated alkanes) is 1. The van der Waals surface area contributed by atoms with Gasteiger partial charge in [0.1, 0.15) is 0 Å². The molecule has 2 heteroatoms. The summed E-state index contributed by atoms with van der Waals surface area (Å²) in [5.41, 5.74) is 0.889. The highest BCUT2D eigenvalue weighted by Crippen LogP contribution is 2.19. The smallest absolute Gasteiger partial charge is 0.0637 e. The highest BCUT2D eigenvalue weighted by Gasteiger charge is 2.14. The van der Waals surface area contributed by atoms with Crippen LogP contribution in [0.1, 0.15) is 39.5 Å². The van der Waals surface area contributed by atoms with Crippen LogP contribution in [0.5, 0.6) is 0 Å². The number of hydroxylamine groups is 1. The van der Waals surface area contributed by atoms with Crippen LogP contribution in [0.4, 0.5) is 5.69 Å². The van der Waals surface area contributed by atoms with Gasteiger partial charge in [0.2, 0.25) is 0 Å². The lowest BCUT2D eigenvalue weighted by molar-refractivity contribution is 0.205. The minimum absolute atomic E-state index is 0.243. The first kappa shape index (κ1) is 12.1. The first-order valence-corrected chi connectivity index (χ1v) is 5.82. The lowest BCUT2D eigenvalue weighted by Gasteiger charge is -2.26. The average Bonchev–Trinajstić information content (AvgIpc) is 2.31. The van der Waals surface area contributed by atoms with Crippen molar-refractivity contribution in [2.45, 2.75) is 45.6 Å². The fourth-order valence-corrected chi connectivity index (χ4v) is 1.73. The van der Waals surface area contributed by atoms with Crippen molar-refractivity contribution in [3.63, 3.8) is 0 Å². The third-order valence-corrected chi connectivity index (χ3v) is 2.73. The minimum atomic E-state index is 0.243. The van der Waals surface area contributed by atoms with Crippen LogP contribution in [0.3, 0.4) is 0 Å². The van der Waals surface area contributed by atoms with Gasteiger partial charge in [0.15, 0.2) is 0 Å². The van der Waals surface area contributed by atoms with Crippen molar-refractivity contribution in [1.82, 2.24) is 0 Å². The first-order chi connectivity index (χ1) is 7.29. The molecular weight excluding hydrogens is 186 g/mol. The molecule has 0 aliphatic rings. The van der Waals surface area contributed by atoms with E-state index < -0.39 is 0 Å². The van der Waals surface area contributed by atoms with Gasteiger partial charge in [0.05, 0.1) is 11.7 Å². The summed E-state index contributed by atoms with van der Waals surface area (Å²) in [4.78, 5) is 0. The van der Waals surface area contributed by atoms with Gasteiger partial charge in [0, 0.05) is 0 Å². The summed E-state index contributed by atoms with van der Waals surface area (Å²) in [7, 11) is 0. The highest BCUT2D eigenvalue weighted by molar-refractivity contribution is 5.43. The third kappa shape index (κ3) is 3.56. The lowest BCUT2D eigenvalue weighted by atomic mass is 10.1. The van der Waals surface area contributed by atoms with Crippen LogP contribution in [0.15, 0.2) is 30.3 Å². The summed E-state index contributed by atoms with van der Waals surface area (Å²) in [6, 6.07) is 9.98. The number of hydrogen-bond donors (Lipinski definition) is 1. The molecule has 0 radical (unpaired) electrons. The number of para-hydroxylation sites is 1. The van der Waals surface area contributed by atoms with E-state index in [4.69, 9.17) is 0 Å². The molecule has 0 saturated heterocycles. The highest BCUT2D eigenvalue weighted by atomic mass is 16.5. The summed E-state index contributed by atoms with van der Waals surface area (Å²) in [6.45, 7) is 4.30. The zero-order valence-corrected chi connectivity index (χ0v) is 9.69. The zero-order chi connectivity index (χ0) is 11.1. The molecule has 0 spiro atoms. The standard InChI is InChI=1S/C13H21NO/c1-3-5-9-12(4-2)14(15)13-10-7-6-8-11-13/h6-8,10-12,15H,3-5,9H2,1-2H3. The molecular formula is C13H21NO. The Kier molecular flexibility index (Phi) is 5.19. The summed E-state index contributed by atoms with van der Waals surface area (Å²) in [5.74, 6) is 0. The molecule has 0 aromatic heterocycles. The second kappa shape index (κ2) is 6.46. The molecule has 0 heterocycles. The van der Waals surface area contributed by atoms with Crippen LogP contribution in [0, 0.1) is 0 Å². The van der Waals surface area contributed by atoms with E-state index in [0.29, 0.717) is 0 Å². The Morgan fingerprint density at radius 1 is 1.20 bits per heavy atom. The summed E-state index contributed by atoms with van der Waals surface area (Å²) < 4.78 is 0. The van der Waals surface area contributed by atoms with E-state index in [0.717, 1.165) is 18.5 Å². The lowest BCUT2D eigenvalue weighted by Crippen LogP contribution is -2.31. The Labute approximate surface area is 92.5 Å². The Balaban J connectivity index is 2.60. The molecule has 15 heavy (non-hydrogen) atoms. The predicted molar refractivity (Wildman–Crippen MR) is 64.3 cm³/mol. The van der Waals surface area contributed by atoms with E-state index >= 15 is 0 Å². The van der Waals surface area contributed by atoms with Crippen molar-refractivity contribution >= 4 is 5.69 Å². The zero-order valence-electron chi connectivity index (χ0n) is 9.69. The van der Waals surface area contributed by atoms with E-state index in [1.807, 2.05) is 30.3 Å². The summed E-state index contributed by atoms with van der Waals surface area (Å²) in [5, 5.41) is 11.5. The van der Waals surface area contributed by atoms with Crippen molar-refractivity contribution in [3.05, 3.63) is 30.3 Å². The van der Waals surface area contributed by atoms with Gasteiger partial charge in [-0.1, -0.05) is 44.9 Å². The number of hydrogen-bond acceptors (Lipinski definition) is 2. The molecule has 1 aromatic rings. The Hall–Kier alpha value is -1.02. The average molecular weight is 207 g/mol. The largest absolute Gasteiger partial charge is 0.288 e. The molecule has 0 amide bonds. The minimum Gasteiger partial charge on any atom is -0.288 e. The third-order valence-electron chi connectivity index (χ3n) is 2.73. The maximum absolute atomic E-state index is 10.0. The molecule has 2 nitrogen and oxygen atoms in total. The second-order valence-electron chi connectivity index (χ2n) is 3.88. The van der Waals surface area contributed by atoms with Crippen LogP contribution < -0.4 is 5.06 Å². The van der Waals surface area contributed by atoms with Gasteiger partial charge in [-0.3, -0.25) is 10.3 Å². The Bertz CT molecular complexity index is 260. The second-order valence-corrected chi connectivity index (χ2v) is 3.88. The number of benzene rings is 1. The molecule has 1 N–H and O–H groups in total. The van der Waals surface area contributed by atoms with Crippen LogP contribution in [0.25, 0.3) is 0 Å². The van der Waals surface area contributed by atoms with Crippen LogP contribution in [0.2, 0.25) is 0 Å². The molecule has 1 unspecified atom stereocenters. The van der Waals surface area contributed by atoms with Crippen molar-refractivity contribution in [3.8, 4) is 0 Å². The van der Waals surface area contributed by atoms with E-state index in [2.05, 4.69) is 13.8 Å². The van der Waals surface area contributed by atoms with Gasteiger partial charge in [-0.05, 0) is 25.0 Å². The van der Waals surface area contributed by atoms with Gasteiger partial charge in [-0.15, -0.1) is 0 Å². The van der Waals surface area contributed by atoms with Gasteiger partial charge >= 0.3 is 0 Å². The number of nitrogens with zero attached hydrogens (tertiary/aromatic N) is 1. The van der Waals surface area contributed by atoms with Gasteiger partial charge in [-0.2, -0.15) is 0 Å².